The van der Waals surface area contributed by atoms with Crippen LogP contribution in [0.5, 0.6) is 0 Å². The van der Waals surface area contributed by atoms with Gasteiger partial charge in [-0.1, -0.05) is 302 Å². The number of aliphatic hydroxyl groups is 1. The van der Waals surface area contributed by atoms with Gasteiger partial charge in [-0.05, 0) is 154 Å². The lowest BCUT2D eigenvalue weighted by Crippen LogP contribution is -2.30. The van der Waals surface area contributed by atoms with E-state index >= 15 is 0 Å². The van der Waals surface area contributed by atoms with Crippen molar-refractivity contribution in [2.75, 3.05) is 39.6 Å². The Labute approximate surface area is 656 Å². The number of carbonyl (C=O) groups is 4. The number of hydrogen-bond acceptors (Lipinski definition) is 15. The predicted molar refractivity (Wildman–Crippen MR) is 445 cm³/mol. The van der Waals surface area contributed by atoms with Gasteiger partial charge in [0.05, 0.1) is 26.4 Å². The number of rotatable bonds is 78. The number of esters is 4. The predicted octanol–water partition coefficient (Wildman–Crippen LogP) is 25.0. The zero-order chi connectivity index (χ0) is 78.9. The molecule has 0 saturated carbocycles. The first-order chi connectivity index (χ1) is 52.7. The lowest BCUT2D eigenvalue weighted by Gasteiger charge is -2.21. The van der Waals surface area contributed by atoms with Crippen molar-refractivity contribution < 1.29 is 80.2 Å². The highest BCUT2D eigenvalue weighted by Gasteiger charge is 2.30. The van der Waals surface area contributed by atoms with E-state index in [1.807, 2.05) is 30.4 Å². The van der Waals surface area contributed by atoms with Crippen LogP contribution in [0.15, 0.2) is 146 Å². The quantitative estimate of drug-likeness (QED) is 0.0169. The average Bonchev–Trinajstić information content (AvgIpc) is 0.914. The van der Waals surface area contributed by atoms with Crippen LogP contribution in [0.25, 0.3) is 0 Å². The third kappa shape index (κ3) is 79.0. The summed E-state index contributed by atoms with van der Waals surface area (Å²) in [6.07, 6.45) is 92.7. The van der Waals surface area contributed by atoms with Gasteiger partial charge in [0.25, 0.3) is 0 Å². The molecular formula is C89H150O17P2. The highest BCUT2D eigenvalue weighted by molar-refractivity contribution is 7.47. The van der Waals surface area contributed by atoms with E-state index in [9.17, 15) is 43.2 Å². The van der Waals surface area contributed by atoms with Crippen molar-refractivity contribution in [1.82, 2.24) is 0 Å². The van der Waals surface area contributed by atoms with Crippen LogP contribution in [0.3, 0.4) is 0 Å². The monoisotopic (exact) mass is 1550 g/mol. The van der Waals surface area contributed by atoms with Crippen LogP contribution in [-0.2, 0) is 65.4 Å². The first-order valence-electron chi connectivity index (χ1n) is 42.1. The highest BCUT2D eigenvalue weighted by atomic mass is 31.2. The molecule has 0 aliphatic carbocycles. The number of allylic oxidation sites excluding steroid dienone is 24. The summed E-state index contributed by atoms with van der Waals surface area (Å²) < 4.78 is 68.6. The van der Waals surface area contributed by atoms with Crippen molar-refractivity contribution in [2.45, 2.75) is 354 Å². The molecule has 0 radical (unpaired) electrons. The van der Waals surface area contributed by atoms with Gasteiger partial charge in [-0.25, -0.2) is 9.13 Å². The molecule has 19 heteroatoms. The maximum atomic E-state index is 13.1. The Morgan fingerprint density at radius 3 is 0.796 bits per heavy atom. The Morgan fingerprint density at radius 1 is 0.259 bits per heavy atom. The second kappa shape index (κ2) is 80.0. The van der Waals surface area contributed by atoms with Crippen molar-refractivity contribution in [1.29, 1.82) is 0 Å². The third-order valence-electron chi connectivity index (χ3n) is 17.3. The van der Waals surface area contributed by atoms with E-state index in [1.165, 1.54) is 89.9 Å². The van der Waals surface area contributed by atoms with E-state index in [0.29, 0.717) is 38.5 Å². The van der Waals surface area contributed by atoms with Crippen molar-refractivity contribution in [3.05, 3.63) is 146 Å². The van der Waals surface area contributed by atoms with Crippen LogP contribution < -0.4 is 0 Å². The van der Waals surface area contributed by atoms with Gasteiger partial charge in [-0.2, -0.15) is 0 Å². The van der Waals surface area contributed by atoms with E-state index in [0.717, 1.165) is 154 Å². The minimum absolute atomic E-state index is 0.0326. The smallest absolute Gasteiger partial charge is 0.462 e. The fourth-order valence-corrected chi connectivity index (χ4v) is 12.4. The molecule has 0 aliphatic rings. The van der Waals surface area contributed by atoms with Gasteiger partial charge in [0, 0.05) is 25.7 Å². The number of carbonyl (C=O) groups excluding carboxylic acids is 4. The van der Waals surface area contributed by atoms with Crippen LogP contribution in [0.1, 0.15) is 336 Å². The number of hydrogen-bond donors (Lipinski definition) is 3. The van der Waals surface area contributed by atoms with Crippen LogP contribution in [0.2, 0.25) is 0 Å². The number of unbranched alkanes of at least 4 members (excludes halogenated alkanes) is 28. The molecule has 618 valence electrons. The van der Waals surface area contributed by atoms with Gasteiger partial charge in [-0.15, -0.1) is 0 Å². The standard InChI is InChI=1S/C89H150O17P2/c1-5-9-13-17-21-25-29-33-37-39-41-43-47-50-54-58-62-66-70-74-87(92)100-80-84(105-88(93)75-71-67-63-59-55-51-46-36-32-28-24-20-16-12-8-4)81-103-107(95,96)101-77-83(90)78-102-108(97,98)104-82-85(79-99-86(91)73-69-65-61-57-53-49-45-35-31-27-23-19-15-11-7-3)106-89(94)76-72-68-64-60-56-52-48-44-42-40-38-34-30-26-22-18-14-10-6-2/h21-22,25-28,31-34,37-38,41-44,50,52,54,56,62,64,66,68,83-85,90H,5-20,23-24,29-30,35-36,39-40,45-49,51,53,55,57-61,63,65,67,69-82H2,1-4H3,(H,95,96)(H,97,98)/b25-21-,26-22-,31-27-,32-28-,37-33-,38-34-,43-41-,44-42-,54-50-,56-52-,66-62-,68-64-/t83-,84-,85-/m1/s1. The van der Waals surface area contributed by atoms with Crippen LogP contribution in [0.4, 0.5) is 0 Å². The number of aliphatic hydroxyl groups excluding tert-OH is 1. The summed E-state index contributed by atoms with van der Waals surface area (Å²) in [5.74, 6) is -2.38. The molecule has 0 saturated heterocycles. The Balaban J connectivity index is 5.51. The molecule has 0 aliphatic heterocycles. The second-order valence-corrected chi connectivity index (χ2v) is 30.6. The SMILES string of the molecule is CCCCC/C=C\C/C=C\C/C=C\C/C=C\C/C=C\CCC(=O)OC[C@H](COP(=O)(O)OC[C@@H](O)COP(=O)(O)OC[C@@H](COC(=O)CCCCCCCCC/C=C\CCCCCC)OC(=O)CC/C=C\C/C=C\C/C=C\C/C=C\C/C=C\CCCCC)OC(=O)CCCCCCCCC/C=C\CCCCCC. The Hall–Kier alpha value is -5.06. The summed E-state index contributed by atoms with van der Waals surface area (Å²) in [6.45, 7) is 4.64. The van der Waals surface area contributed by atoms with E-state index in [-0.39, 0.29) is 25.7 Å². The zero-order valence-corrected chi connectivity index (χ0v) is 69.5. The largest absolute Gasteiger partial charge is 0.472 e. The molecule has 0 aromatic carbocycles. The second-order valence-electron chi connectivity index (χ2n) is 27.7. The molecule has 0 rings (SSSR count). The molecule has 0 amide bonds. The van der Waals surface area contributed by atoms with Crippen molar-refractivity contribution >= 4 is 39.5 Å². The van der Waals surface area contributed by atoms with Gasteiger partial charge in [0.1, 0.15) is 19.3 Å². The summed E-state index contributed by atoms with van der Waals surface area (Å²) in [5.41, 5.74) is 0. The molecule has 2 unspecified atom stereocenters. The summed E-state index contributed by atoms with van der Waals surface area (Å²) in [6, 6.07) is 0. The van der Waals surface area contributed by atoms with Gasteiger partial charge in [0.2, 0.25) is 0 Å². The average molecular weight is 1550 g/mol. The molecule has 3 N–H and O–H groups in total. The van der Waals surface area contributed by atoms with E-state index in [4.69, 9.17) is 37.0 Å². The zero-order valence-electron chi connectivity index (χ0n) is 67.7. The lowest BCUT2D eigenvalue weighted by atomic mass is 10.1. The van der Waals surface area contributed by atoms with Crippen LogP contribution in [-0.4, -0.2) is 96.7 Å². The fourth-order valence-electron chi connectivity index (χ4n) is 10.8. The van der Waals surface area contributed by atoms with Gasteiger partial charge < -0.3 is 33.8 Å². The maximum Gasteiger partial charge on any atom is 0.472 e. The Bertz CT molecular complexity index is 2610. The molecule has 5 atom stereocenters. The van der Waals surface area contributed by atoms with Crippen molar-refractivity contribution in [3.8, 4) is 0 Å². The highest BCUT2D eigenvalue weighted by Crippen LogP contribution is 2.45. The normalized spacial score (nSPS) is 14.5. The van der Waals surface area contributed by atoms with E-state index in [2.05, 4.69) is 143 Å². The number of phosphoric acid groups is 2. The summed E-state index contributed by atoms with van der Waals surface area (Å²) in [5, 5.41) is 10.7. The fraction of sp³-hybridized carbons (Fsp3) is 0.685. The Morgan fingerprint density at radius 2 is 0.472 bits per heavy atom. The molecule has 0 aromatic rings. The van der Waals surface area contributed by atoms with Crippen LogP contribution in [0, 0.1) is 0 Å². The topological polar surface area (TPSA) is 237 Å². The molecule has 0 bridgehead atoms. The van der Waals surface area contributed by atoms with E-state index < -0.39 is 97.5 Å². The minimum atomic E-state index is -5.01. The molecule has 108 heavy (non-hydrogen) atoms. The molecule has 0 heterocycles. The Kier molecular flexibility index (Phi) is 76.3. The molecule has 0 spiro atoms. The van der Waals surface area contributed by atoms with Crippen molar-refractivity contribution in [3.63, 3.8) is 0 Å². The maximum absolute atomic E-state index is 13.1. The third-order valence-corrected chi connectivity index (χ3v) is 19.2. The first-order valence-corrected chi connectivity index (χ1v) is 45.1. The summed E-state index contributed by atoms with van der Waals surface area (Å²) in [4.78, 5) is 73.1. The minimum Gasteiger partial charge on any atom is -0.462 e. The summed E-state index contributed by atoms with van der Waals surface area (Å²) >= 11 is 0. The molecule has 0 aromatic heterocycles. The summed E-state index contributed by atoms with van der Waals surface area (Å²) in [7, 11) is -10.0. The van der Waals surface area contributed by atoms with Crippen LogP contribution >= 0.6 is 15.6 Å². The number of ether oxygens (including phenoxy) is 4. The van der Waals surface area contributed by atoms with Gasteiger partial charge in [0.15, 0.2) is 12.2 Å². The van der Waals surface area contributed by atoms with Gasteiger partial charge in [-0.3, -0.25) is 37.3 Å². The van der Waals surface area contributed by atoms with E-state index in [1.54, 1.807) is 0 Å². The molecular weight excluding hydrogens is 1400 g/mol. The van der Waals surface area contributed by atoms with Gasteiger partial charge >= 0.3 is 39.5 Å². The van der Waals surface area contributed by atoms with Crippen molar-refractivity contribution in [2.24, 2.45) is 0 Å². The first kappa shape index (κ1) is 103. The molecule has 0 fully saturated rings. The molecule has 17 nitrogen and oxygen atoms in total. The lowest BCUT2D eigenvalue weighted by molar-refractivity contribution is -0.161. The number of phosphoric ester groups is 2.